The van der Waals surface area contributed by atoms with Crippen molar-refractivity contribution in [3.05, 3.63) is 100 Å². The molecule has 162 valence electrons. The van der Waals surface area contributed by atoms with Crippen LogP contribution < -0.4 is 15.6 Å². The molecule has 0 aliphatic carbocycles. The van der Waals surface area contributed by atoms with Crippen molar-refractivity contribution in [3.63, 3.8) is 0 Å². The average molecular weight is 445 g/mol. The second-order valence-electron chi connectivity index (χ2n) is 7.71. The third-order valence-corrected chi connectivity index (χ3v) is 6.88. The van der Waals surface area contributed by atoms with Gasteiger partial charge in [0.1, 0.15) is 11.1 Å². The van der Waals surface area contributed by atoms with Gasteiger partial charge in [-0.1, -0.05) is 60.7 Å². The molecule has 0 fully saturated rings. The number of pyridine rings is 1. The number of fused-ring (bicyclic) bond motifs is 2. The van der Waals surface area contributed by atoms with Gasteiger partial charge >= 0.3 is 0 Å². The van der Waals surface area contributed by atoms with Crippen molar-refractivity contribution in [2.24, 2.45) is 0 Å². The third kappa shape index (κ3) is 3.67. The number of benzene rings is 3. The number of rotatable bonds is 5. The van der Waals surface area contributed by atoms with Crippen LogP contribution in [0.15, 0.2) is 88.7 Å². The van der Waals surface area contributed by atoms with Crippen molar-refractivity contribution in [1.82, 2.24) is 4.57 Å². The number of methoxy groups -OCH3 is 1. The Kier molecular flexibility index (Phi) is 5.45. The average Bonchev–Trinajstić information content (AvgIpc) is 3.26. The van der Waals surface area contributed by atoms with Gasteiger partial charge in [0, 0.05) is 30.9 Å². The van der Waals surface area contributed by atoms with Gasteiger partial charge in [-0.25, -0.2) is 0 Å². The Morgan fingerprint density at radius 1 is 1.06 bits per heavy atom. The molecule has 0 unspecified atom stereocenters. The molecule has 0 saturated heterocycles. The number of nitrogens with one attached hydrogen (secondary N) is 1. The Balaban J connectivity index is 0.00000259. The minimum absolute atomic E-state index is 0. The van der Waals surface area contributed by atoms with E-state index in [-0.39, 0.29) is 12.9 Å². The molecule has 6 heteroatoms. The number of hydrogen-bond acceptors (Lipinski definition) is 4. The van der Waals surface area contributed by atoms with E-state index in [1.807, 2.05) is 48.5 Å². The fourth-order valence-corrected chi connectivity index (χ4v) is 5.55. The fourth-order valence-electron chi connectivity index (χ4n) is 4.24. The van der Waals surface area contributed by atoms with E-state index >= 15 is 0 Å². The van der Waals surface area contributed by atoms with Gasteiger partial charge in [-0.15, -0.1) is 11.8 Å². The number of amides is 1. The molecule has 32 heavy (non-hydrogen) atoms. The Hall–Kier alpha value is -3.51. The summed E-state index contributed by atoms with van der Waals surface area (Å²) < 4.78 is 7.33. The highest BCUT2D eigenvalue weighted by Gasteiger charge is 2.33. The van der Waals surface area contributed by atoms with Gasteiger partial charge in [-0.3, -0.25) is 14.2 Å². The first kappa shape index (κ1) is 20.4. The molecule has 3 aromatic carbocycles. The summed E-state index contributed by atoms with van der Waals surface area (Å²) in [5.74, 6) is 0.952. The van der Waals surface area contributed by atoms with Crippen LogP contribution in [0.3, 0.4) is 0 Å². The summed E-state index contributed by atoms with van der Waals surface area (Å²) in [5, 5.41) is 5.94. The third-order valence-electron chi connectivity index (χ3n) is 5.74. The van der Waals surface area contributed by atoms with Crippen LogP contribution in [0.1, 0.15) is 18.6 Å². The fraction of sp³-hybridized carbons (Fsp3) is 0.154. The highest BCUT2D eigenvalue weighted by molar-refractivity contribution is 7.99. The smallest absolute Gasteiger partial charge is 0.252 e. The van der Waals surface area contributed by atoms with E-state index in [0.29, 0.717) is 28.6 Å². The first-order valence-electron chi connectivity index (χ1n) is 10.4. The van der Waals surface area contributed by atoms with Crippen molar-refractivity contribution < 1.29 is 11.0 Å². The number of hydrogen-bond donors (Lipinski definition) is 1. The number of thioether (sulfide) groups is 1. The maximum Gasteiger partial charge on any atom is 0.252 e. The van der Waals surface area contributed by atoms with E-state index < -0.39 is 6.04 Å². The Morgan fingerprint density at radius 3 is 2.62 bits per heavy atom. The predicted molar refractivity (Wildman–Crippen MR) is 131 cm³/mol. The predicted octanol–water partition coefficient (Wildman–Crippen LogP) is 5.13. The molecule has 1 N–H and O–H groups in total. The zero-order valence-electron chi connectivity index (χ0n) is 17.6. The largest absolute Gasteiger partial charge is 0.494 e. The molecule has 0 spiro atoms. The molecule has 1 aliphatic rings. The number of aromatic nitrogens is 1. The van der Waals surface area contributed by atoms with Crippen LogP contribution in [0.25, 0.3) is 10.8 Å². The van der Waals surface area contributed by atoms with Crippen LogP contribution in [0.5, 0.6) is 5.75 Å². The van der Waals surface area contributed by atoms with Gasteiger partial charge in [0.25, 0.3) is 5.56 Å². The first-order chi connectivity index (χ1) is 15.7. The first-order valence-corrected chi connectivity index (χ1v) is 11.4. The summed E-state index contributed by atoms with van der Waals surface area (Å²) in [7, 11) is 1.62. The minimum atomic E-state index is -0.580. The molecule has 0 bridgehead atoms. The van der Waals surface area contributed by atoms with Gasteiger partial charge in [-0.2, -0.15) is 0 Å². The zero-order chi connectivity index (χ0) is 22.1. The van der Waals surface area contributed by atoms with Gasteiger partial charge in [0.05, 0.1) is 7.11 Å². The molecular weight excluding hydrogens is 420 g/mol. The van der Waals surface area contributed by atoms with E-state index in [4.69, 9.17) is 4.74 Å². The van der Waals surface area contributed by atoms with Crippen molar-refractivity contribution >= 4 is 34.1 Å². The van der Waals surface area contributed by atoms with E-state index in [0.717, 1.165) is 21.9 Å². The van der Waals surface area contributed by atoms with Crippen molar-refractivity contribution in [2.75, 3.05) is 18.2 Å². The molecular formula is C26H24N2O3S. The molecule has 5 nitrogen and oxygen atoms in total. The molecule has 0 saturated carbocycles. The molecule has 1 amide bonds. The number of nitrogens with zero attached hydrogens (tertiary/aromatic N) is 1. The quantitative estimate of drug-likeness (QED) is 0.463. The SMILES string of the molecule is COc1c(Cc2cccc3ccccc23)cc(=O)n2c1SC[C@H]2C(=O)Nc1ccccc1.[HH]. The maximum atomic E-state index is 13.1. The highest BCUT2D eigenvalue weighted by atomic mass is 32.2. The van der Waals surface area contributed by atoms with Crippen molar-refractivity contribution in [2.45, 2.75) is 17.5 Å². The van der Waals surface area contributed by atoms with Gasteiger partial charge < -0.3 is 10.1 Å². The standard InChI is InChI=1S/C26H22N2O3S.H2/c1-31-24-19(14-18-10-7-9-17-8-5-6-13-21(17)18)15-23(29)28-22(16-32-26(24)28)25(30)27-20-11-3-2-4-12-20;/h2-13,15,22H,14,16H2,1H3,(H,27,30);1H/t22-;/m0./s1. The Bertz CT molecular complexity index is 1370. The lowest BCUT2D eigenvalue weighted by atomic mass is 9.98. The van der Waals surface area contributed by atoms with E-state index in [2.05, 4.69) is 29.6 Å². The molecule has 4 aromatic rings. The monoisotopic (exact) mass is 444 g/mol. The second kappa shape index (κ2) is 8.55. The van der Waals surface area contributed by atoms with E-state index in [9.17, 15) is 9.59 Å². The van der Waals surface area contributed by atoms with Crippen LogP contribution in [0, 0.1) is 0 Å². The number of anilines is 1. The van der Waals surface area contributed by atoms with Gasteiger partial charge in [0.15, 0.2) is 5.75 Å². The molecule has 5 rings (SSSR count). The number of carbonyl (C=O) groups excluding carboxylic acids is 1. The number of para-hydroxylation sites is 1. The van der Waals surface area contributed by atoms with E-state index in [1.54, 1.807) is 17.7 Å². The van der Waals surface area contributed by atoms with Crippen LogP contribution in [0.4, 0.5) is 5.69 Å². The van der Waals surface area contributed by atoms with Crippen LogP contribution in [-0.2, 0) is 11.2 Å². The summed E-state index contributed by atoms with van der Waals surface area (Å²) in [5.41, 5.74) is 2.49. The summed E-state index contributed by atoms with van der Waals surface area (Å²) in [4.78, 5) is 26.1. The summed E-state index contributed by atoms with van der Waals surface area (Å²) >= 11 is 1.49. The molecule has 2 heterocycles. The Labute approximate surface area is 191 Å². The van der Waals surface area contributed by atoms with Crippen LogP contribution in [-0.4, -0.2) is 23.3 Å². The maximum absolute atomic E-state index is 13.1. The van der Waals surface area contributed by atoms with E-state index in [1.165, 1.54) is 11.8 Å². The van der Waals surface area contributed by atoms with Gasteiger partial charge in [-0.05, 0) is 28.5 Å². The lowest BCUT2D eigenvalue weighted by Gasteiger charge is -2.17. The number of carbonyl (C=O) groups is 1. The topological polar surface area (TPSA) is 60.3 Å². The summed E-state index contributed by atoms with van der Waals surface area (Å²) in [6, 6.07) is 24.7. The molecule has 1 aliphatic heterocycles. The normalized spacial score (nSPS) is 14.8. The lowest BCUT2D eigenvalue weighted by molar-refractivity contribution is -0.118. The zero-order valence-corrected chi connectivity index (χ0v) is 18.4. The minimum Gasteiger partial charge on any atom is -0.494 e. The lowest BCUT2D eigenvalue weighted by Crippen LogP contribution is -2.32. The molecule has 1 atom stereocenters. The van der Waals surface area contributed by atoms with Crippen molar-refractivity contribution in [3.8, 4) is 5.75 Å². The van der Waals surface area contributed by atoms with Crippen LogP contribution >= 0.6 is 11.8 Å². The summed E-state index contributed by atoms with van der Waals surface area (Å²) in [6.07, 6.45) is 0.578. The van der Waals surface area contributed by atoms with Crippen molar-refractivity contribution in [1.29, 1.82) is 0 Å². The molecule has 1 aromatic heterocycles. The highest BCUT2D eigenvalue weighted by Crippen LogP contribution is 2.41. The second-order valence-corrected chi connectivity index (χ2v) is 8.72. The Morgan fingerprint density at radius 2 is 1.81 bits per heavy atom. The number of ether oxygens (including phenoxy) is 1. The molecule has 0 radical (unpaired) electrons. The summed E-state index contributed by atoms with van der Waals surface area (Å²) in [6.45, 7) is 0. The van der Waals surface area contributed by atoms with Gasteiger partial charge in [0.2, 0.25) is 5.91 Å². The van der Waals surface area contributed by atoms with Crippen LogP contribution in [0.2, 0.25) is 0 Å².